The van der Waals surface area contributed by atoms with Crippen LogP contribution in [0.15, 0.2) is 11.6 Å². The highest BCUT2D eigenvalue weighted by atomic mass is 16.8. The van der Waals surface area contributed by atoms with E-state index >= 15 is 0 Å². The molecule has 0 bridgehead atoms. The number of rotatable bonds is 8. The molecule has 0 amide bonds. The van der Waals surface area contributed by atoms with Crippen molar-refractivity contribution in [2.45, 2.75) is 211 Å². The van der Waals surface area contributed by atoms with Gasteiger partial charge in [-0.1, -0.05) is 60.1 Å². The van der Waals surface area contributed by atoms with Crippen LogP contribution < -0.4 is 0 Å². The molecule has 19 nitrogen and oxygen atoms in total. The predicted octanol–water partition coefficient (Wildman–Crippen LogP) is -0.320. The Bertz CT molecular complexity index is 1820. The molecule has 25 unspecified atom stereocenters. The molecule has 25 atom stereocenters. The number of aliphatic hydroxyl groups is 11. The maximum Gasteiger partial charge on any atom is 0.337 e. The summed E-state index contributed by atoms with van der Waals surface area (Å²) in [6.45, 7) is 15.7. The first-order chi connectivity index (χ1) is 30.7. The van der Waals surface area contributed by atoms with Crippen LogP contribution in [0.5, 0.6) is 0 Å². The summed E-state index contributed by atoms with van der Waals surface area (Å²) in [4.78, 5) is 13.0. The Kier molecular flexibility index (Phi) is 13.6. The Morgan fingerprint density at radius 2 is 1.23 bits per heavy atom. The number of aliphatic hydroxyl groups excluding tert-OH is 11. The van der Waals surface area contributed by atoms with Crippen LogP contribution in [0.3, 0.4) is 0 Å². The molecule has 3 saturated heterocycles. The van der Waals surface area contributed by atoms with Crippen molar-refractivity contribution in [1.29, 1.82) is 0 Å². The fraction of sp³-hybridized carbons (Fsp3) is 0.936. The van der Waals surface area contributed by atoms with Crippen molar-refractivity contribution in [1.82, 2.24) is 0 Å². The first kappa shape index (κ1) is 50.9. The average Bonchev–Trinajstić information content (AvgIpc) is 3.26. The van der Waals surface area contributed by atoms with E-state index in [1.807, 2.05) is 6.92 Å². The van der Waals surface area contributed by atoms with Crippen molar-refractivity contribution >= 4 is 5.97 Å². The maximum absolute atomic E-state index is 13.0. The number of carbonyl (C=O) groups is 1. The van der Waals surface area contributed by atoms with Gasteiger partial charge in [0.2, 0.25) is 0 Å². The second-order valence-electron chi connectivity index (χ2n) is 23.1. The van der Waals surface area contributed by atoms with Crippen LogP contribution in [0.2, 0.25) is 0 Å². The van der Waals surface area contributed by atoms with Crippen LogP contribution >= 0.6 is 0 Å². The van der Waals surface area contributed by atoms with Gasteiger partial charge in [0.25, 0.3) is 0 Å². The molecule has 8 rings (SSSR count). The van der Waals surface area contributed by atoms with Gasteiger partial charge < -0.3 is 89.3 Å². The summed E-state index contributed by atoms with van der Waals surface area (Å²) in [6.07, 6.45) is -20.7. The topological polar surface area (TPSA) is 304 Å². The quantitative estimate of drug-likeness (QED) is 0.0844. The maximum atomic E-state index is 13.0. The largest absolute Gasteiger partial charge is 0.467 e. The lowest BCUT2D eigenvalue weighted by Gasteiger charge is -2.72. The van der Waals surface area contributed by atoms with Gasteiger partial charge in [-0.3, -0.25) is 0 Å². The number of esters is 1. The molecule has 5 aliphatic carbocycles. The fourth-order valence-electron chi connectivity index (χ4n) is 14.8. The Hall–Kier alpha value is -1.47. The normalized spacial score (nSPS) is 55.9. The molecule has 66 heavy (non-hydrogen) atoms. The van der Waals surface area contributed by atoms with Gasteiger partial charge in [-0.2, -0.15) is 0 Å². The zero-order valence-electron chi connectivity index (χ0n) is 39.4. The molecule has 0 aromatic rings. The number of hydrogen-bond donors (Lipinski definition) is 11. The molecule has 11 N–H and O–H groups in total. The monoisotopic (exact) mass is 944 g/mol. The standard InChI is InChI=1S/C47H76O19/c1-42(2)17-21-20-9-10-23-44(4)13-12-25(45(5,19-48)22(44)11-14-47(23,7)46(20,6)16-15-43(21,3)24(49)18-42)61-40-34(28(52)27(51)33(62-40)38(59)60-8)64-41-35(29(53)31(55)37(58)66-41)63-39-32(56)26(50)30(54)36(57)65-39/h9,21-37,39-41,48-58H,10-19H2,1-8H3. The minimum atomic E-state index is -2.12. The lowest BCUT2D eigenvalue weighted by Crippen LogP contribution is -2.68. The number of methoxy groups -OCH3 is 1. The summed E-state index contributed by atoms with van der Waals surface area (Å²) < 4.78 is 40.1. The van der Waals surface area contributed by atoms with Crippen LogP contribution in [0, 0.1) is 50.2 Å². The molecule has 0 aromatic heterocycles. The van der Waals surface area contributed by atoms with E-state index in [0.29, 0.717) is 12.8 Å². The number of ether oxygens (including phenoxy) is 7. The minimum Gasteiger partial charge on any atom is -0.467 e. The Morgan fingerprint density at radius 1 is 0.636 bits per heavy atom. The van der Waals surface area contributed by atoms with Gasteiger partial charge in [-0.15, -0.1) is 0 Å². The van der Waals surface area contributed by atoms with Crippen LogP contribution in [-0.4, -0.2) is 181 Å². The zero-order valence-corrected chi connectivity index (χ0v) is 39.4. The van der Waals surface area contributed by atoms with Crippen molar-refractivity contribution < 1.29 is 94.1 Å². The van der Waals surface area contributed by atoms with E-state index in [-0.39, 0.29) is 57.5 Å². The molecule has 3 aliphatic heterocycles. The van der Waals surface area contributed by atoms with Gasteiger partial charge in [-0.05, 0) is 97.2 Å². The minimum absolute atomic E-state index is 0.0140. The van der Waals surface area contributed by atoms with Gasteiger partial charge in [0.15, 0.2) is 37.6 Å². The third kappa shape index (κ3) is 7.77. The molecule has 0 spiro atoms. The summed E-state index contributed by atoms with van der Waals surface area (Å²) in [5, 5.41) is 119. The molecule has 0 radical (unpaired) electrons. The smallest absolute Gasteiger partial charge is 0.337 e. The summed E-state index contributed by atoms with van der Waals surface area (Å²) in [7, 11) is 1.07. The van der Waals surface area contributed by atoms with Crippen LogP contribution in [-0.2, 0) is 38.0 Å². The predicted molar refractivity (Wildman–Crippen MR) is 227 cm³/mol. The molecule has 19 heteroatoms. The highest BCUT2D eigenvalue weighted by Crippen LogP contribution is 2.76. The summed E-state index contributed by atoms with van der Waals surface area (Å²) >= 11 is 0. The van der Waals surface area contributed by atoms with Crippen molar-refractivity contribution in [3.63, 3.8) is 0 Å². The zero-order chi connectivity index (χ0) is 48.4. The van der Waals surface area contributed by atoms with Gasteiger partial charge in [0.05, 0.1) is 25.9 Å². The molecule has 8 aliphatic rings. The average molecular weight is 945 g/mol. The number of hydrogen-bond acceptors (Lipinski definition) is 19. The van der Waals surface area contributed by atoms with Crippen molar-refractivity contribution in [3.05, 3.63) is 11.6 Å². The van der Waals surface area contributed by atoms with Crippen molar-refractivity contribution in [2.24, 2.45) is 50.2 Å². The highest BCUT2D eigenvalue weighted by Gasteiger charge is 2.70. The van der Waals surface area contributed by atoms with Gasteiger partial charge in [0.1, 0.15) is 54.9 Å². The molecular formula is C47H76O19. The van der Waals surface area contributed by atoms with Crippen molar-refractivity contribution in [2.75, 3.05) is 13.7 Å². The van der Waals surface area contributed by atoms with E-state index < -0.39 is 110 Å². The Balaban J connectivity index is 1.08. The number of allylic oxidation sites excluding steroid dienone is 2. The molecule has 7 fully saturated rings. The van der Waals surface area contributed by atoms with E-state index in [4.69, 9.17) is 33.2 Å². The van der Waals surface area contributed by atoms with Crippen LogP contribution in [0.4, 0.5) is 0 Å². The Labute approximate surface area is 385 Å². The fourth-order valence-corrected chi connectivity index (χ4v) is 14.8. The lowest BCUT2D eigenvalue weighted by atomic mass is 9.33. The highest BCUT2D eigenvalue weighted by molar-refractivity contribution is 5.75. The van der Waals surface area contributed by atoms with E-state index in [1.54, 1.807) is 0 Å². The lowest BCUT2D eigenvalue weighted by molar-refractivity contribution is -0.417. The summed E-state index contributed by atoms with van der Waals surface area (Å²) in [5.41, 5.74) is -0.0693. The SMILES string of the molecule is COC(=O)C1OC(OC2CCC3(C)C(CCC4(C)C3CC=C3C5CC(C)(C)CC(O)C5(C)CCC34C)C2(C)CO)C(OC2OC(O)C(O)C(O)C2OC2OC(O)C(O)C(O)C2O)C(O)C1O. The first-order valence-electron chi connectivity index (χ1n) is 23.9. The number of fused-ring (bicyclic) bond motifs is 7. The molecule has 0 aromatic carbocycles. The number of carbonyl (C=O) groups excluding carboxylic acids is 1. The van der Waals surface area contributed by atoms with Crippen LogP contribution in [0.25, 0.3) is 0 Å². The van der Waals surface area contributed by atoms with Crippen molar-refractivity contribution in [3.8, 4) is 0 Å². The van der Waals surface area contributed by atoms with Crippen LogP contribution in [0.1, 0.15) is 106 Å². The summed E-state index contributed by atoms with van der Waals surface area (Å²) in [6, 6.07) is 0. The van der Waals surface area contributed by atoms with E-state index in [9.17, 15) is 61.0 Å². The van der Waals surface area contributed by atoms with E-state index in [1.165, 1.54) is 5.57 Å². The third-order valence-electron chi connectivity index (χ3n) is 19.1. The molecule has 3 heterocycles. The second kappa shape index (κ2) is 17.7. The third-order valence-corrected chi connectivity index (χ3v) is 19.1. The van der Waals surface area contributed by atoms with Gasteiger partial charge in [-0.25, -0.2) is 4.79 Å². The summed E-state index contributed by atoms with van der Waals surface area (Å²) in [5.74, 6) is -0.607. The molecular weight excluding hydrogens is 868 g/mol. The first-order valence-corrected chi connectivity index (χ1v) is 23.9. The second-order valence-corrected chi connectivity index (χ2v) is 23.1. The van der Waals surface area contributed by atoms with Gasteiger partial charge in [0, 0.05) is 10.8 Å². The molecule has 4 saturated carbocycles. The van der Waals surface area contributed by atoms with E-state index in [2.05, 4.69) is 47.6 Å². The van der Waals surface area contributed by atoms with Gasteiger partial charge >= 0.3 is 5.97 Å². The molecule has 378 valence electrons. The Morgan fingerprint density at radius 3 is 1.86 bits per heavy atom. The van der Waals surface area contributed by atoms with E-state index in [0.717, 1.165) is 52.1 Å².